The molecule has 5 rings (SSSR count). The Kier molecular flexibility index (Phi) is 5.42. The van der Waals surface area contributed by atoms with Crippen LogP contribution in [0.25, 0.3) is 11.0 Å². The van der Waals surface area contributed by atoms with Crippen LogP contribution in [-0.2, 0) is 6.54 Å². The maximum atomic E-state index is 13.6. The zero-order valence-electron chi connectivity index (χ0n) is 18.4. The molecular formula is C26H20ClNO6. The number of hydrogen-bond donors (Lipinski definition) is 1. The summed E-state index contributed by atoms with van der Waals surface area (Å²) in [6.45, 7) is 0.220. The largest absolute Gasteiger partial charge is 0.504 e. The van der Waals surface area contributed by atoms with E-state index in [4.69, 9.17) is 25.5 Å². The molecule has 8 heteroatoms. The summed E-state index contributed by atoms with van der Waals surface area (Å²) in [6, 6.07) is 16.0. The lowest BCUT2D eigenvalue weighted by Gasteiger charge is -2.25. The van der Waals surface area contributed by atoms with Crippen LogP contribution in [0.3, 0.4) is 0 Å². The van der Waals surface area contributed by atoms with Gasteiger partial charge in [0.1, 0.15) is 11.3 Å². The second-order valence-electron chi connectivity index (χ2n) is 7.93. The molecule has 0 fully saturated rings. The molecule has 1 aliphatic rings. The van der Waals surface area contributed by atoms with Crippen molar-refractivity contribution in [2.45, 2.75) is 12.6 Å². The van der Waals surface area contributed by atoms with Crippen LogP contribution in [0.5, 0.6) is 17.2 Å². The zero-order chi connectivity index (χ0) is 24.0. The van der Waals surface area contributed by atoms with Gasteiger partial charge in [-0.2, -0.15) is 0 Å². The SMILES string of the molecule is COc1ccc(CN2C(=O)c3oc4ccc(Cl)cc4c(=O)c3[C@@H]2c2ccc(O)c(OC)c2)cc1. The van der Waals surface area contributed by atoms with E-state index in [-0.39, 0.29) is 40.4 Å². The summed E-state index contributed by atoms with van der Waals surface area (Å²) in [6.07, 6.45) is 0. The van der Waals surface area contributed by atoms with Gasteiger partial charge in [0.05, 0.1) is 31.2 Å². The van der Waals surface area contributed by atoms with E-state index in [2.05, 4.69) is 0 Å². The van der Waals surface area contributed by atoms with Crippen LogP contribution >= 0.6 is 11.6 Å². The lowest BCUT2D eigenvalue weighted by Crippen LogP contribution is -2.29. The fourth-order valence-corrected chi connectivity index (χ4v) is 4.47. The van der Waals surface area contributed by atoms with E-state index in [1.165, 1.54) is 19.2 Å². The van der Waals surface area contributed by atoms with Gasteiger partial charge in [-0.25, -0.2) is 0 Å². The average molecular weight is 478 g/mol. The molecule has 1 aliphatic heterocycles. The van der Waals surface area contributed by atoms with E-state index in [1.54, 1.807) is 48.4 Å². The highest BCUT2D eigenvalue weighted by Crippen LogP contribution is 2.41. The molecule has 3 aromatic carbocycles. The van der Waals surface area contributed by atoms with Crippen molar-refractivity contribution in [3.05, 3.63) is 98.4 Å². The Morgan fingerprint density at radius 1 is 1.00 bits per heavy atom. The Labute approximate surface area is 199 Å². The van der Waals surface area contributed by atoms with Crippen molar-refractivity contribution >= 4 is 28.5 Å². The molecule has 0 bridgehead atoms. The lowest BCUT2D eigenvalue weighted by atomic mass is 9.97. The number of hydrogen-bond acceptors (Lipinski definition) is 6. The van der Waals surface area contributed by atoms with Gasteiger partial charge in [-0.05, 0) is 53.6 Å². The molecule has 1 atom stereocenters. The average Bonchev–Trinajstić information content (AvgIpc) is 3.12. The topological polar surface area (TPSA) is 89.2 Å². The fourth-order valence-electron chi connectivity index (χ4n) is 4.29. The highest BCUT2D eigenvalue weighted by atomic mass is 35.5. The van der Waals surface area contributed by atoms with Gasteiger partial charge in [0.15, 0.2) is 16.9 Å². The summed E-state index contributed by atoms with van der Waals surface area (Å²) in [5, 5.41) is 10.8. The third-order valence-corrected chi connectivity index (χ3v) is 6.19. The third kappa shape index (κ3) is 3.54. The number of methoxy groups -OCH3 is 2. The summed E-state index contributed by atoms with van der Waals surface area (Å²) in [5.41, 5.74) is 1.62. The molecule has 0 aliphatic carbocycles. The Balaban J connectivity index is 1.71. The lowest BCUT2D eigenvalue weighted by molar-refractivity contribution is 0.0714. The Morgan fingerprint density at radius 2 is 1.76 bits per heavy atom. The predicted octanol–water partition coefficient (Wildman–Crippen LogP) is 4.91. The number of benzene rings is 3. The van der Waals surface area contributed by atoms with Gasteiger partial charge in [0.25, 0.3) is 5.91 Å². The molecule has 0 unspecified atom stereocenters. The second kappa shape index (κ2) is 8.43. The number of ether oxygens (including phenoxy) is 2. The maximum Gasteiger partial charge on any atom is 0.291 e. The molecule has 0 saturated heterocycles. The van der Waals surface area contributed by atoms with E-state index < -0.39 is 11.9 Å². The second-order valence-corrected chi connectivity index (χ2v) is 8.37. The van der Waals surface area contributed by atoms with Gasteiger partial charge < -0.3 is 23.9 Å². The zero-order valence-corrected chi connectivity index (χ0v) is 19.1. The van der Waals surface area contributed by atoms with E-state index in [9.17, 15) is 14.7 Å². The molecule has 0 saturated carbocycles. The number of phenols is 1. The molecule has 34 heavy (non-hydrogen) atoms. The van der Waals surface area contributed by atoms with Crippen molar-refractivity contribution in [2.24, 2.45) is 0 Å². The van der Waals surface area contributed by atoms with Crippen molar-refractivity contribution in [1.82, 2.24) is 4.90 Å². The van der Waals surface area contributed by atoms with Crippen LogP contribution < -0.4 is 14.9 Å². The molecule has 172 valence electrons. The number of amides is 1. The van der Waals surface area contributed by atoms with Crippen LogP contribution in [0.15, 0.2) is 69.9 Å². The molecule has 1 aromatic heterocycles. The molecule has 2 heterocycles. The van der Waals surface area contributed by atoms with E-state index >= 15 is 0 Å². The first kappa shape index (κ1) is 21.9. The summed E-state index contributed by atoms with van der Waals surface area (Å²) in [7, 11) is 3.02. The first-order chi connectivity index (χ1) is 16.4. The molecule has 4 aromatic rings. The number of aromatic hydroxyl groups is 1. The van der Waals surface area contributed by atoms with Crippen LogP contribution in [0.4, 0.5) is 0 Å². The van der Waals surface area contributed by atoms with Crippen molar-refractivity contribution in [1.29, 1.82) is 0 Å². The van der Waals surface area contributed by atoms with Crippen molar-refractivity contribution in [3.63, 3.8) is 0 Å². The maximum absolute atomic E-state index is 13.6. The highest BCUT2D eigenvalue weighted by Gasteiger charge is 2.43. The van der Waals surface area contributed by atoms with E-state index in [1.807, 2.05) is 12.1 Å². The van der Waals surface area contributed by atoms with Gasteiger partial charge in [0.2, 0.25) is 5.76 Å². The molecule has 1 N–H and O–H groups in total. The number of nitrogens with zero attached hydrogens (tertiary/aromatic N) is 1. The molecular weight excluding hydrogens is 458 g/mol. The van der Waals surface area contributed by atoms with Gasteiger partial charge in [-0.3, -0.25) is 9.59 Å². The predicted molar refractivity (Wildman–Crippen MR) is 127 cm³/mol. The van der Waals surface area contributed by atoms with E-state index in [0.717, 1.165) is 5.56 Å². The van der Waals surface area contributed by atoms with Crippen LogP contribution in [0.2, 0.25) is 5.02 Å². The van der Waals surface area contributed by atoms with Gasteiger partial charge >= 0.3 is 0 Å². The summed E-state index contributed by atoms with van der Waals surface area (Å²) < 4.78 is 16.4. The Hall–Kier alpha value is -3.97. The minimum atomic E-state index is -0.751. The third-order valence-electron chi connectivity index (χ3n) is 5.96. The fraction of sp³-hybridized carbons (Fsp3) is 0.154. The standard InChI is InChI=1S/C26H20ClNO6/c1-32-17-7-3-14(4-8-17)13-28-23(15-5-9-19(29)21(11-15)33-2)22-24(30)18-12-16(27)6-10-20(18)34-25(22)26(28)31/h3-12,23,29H,13H2,1-2H3/t23-/m0/s1. The minimum absolute atomic E-state index is 0.00891. The molecule has 1 amide bonds. The summed E-state index contributed by atoms with van der Waals surface area (Å²) in [5.74, 6) is 0.465. The van der Waals surface area contributed by atoms with Gasteiger partial charge in [-0.1, -0.05) is 29.8 Å². The first-order valence-electron chi connectivity index (χ1n) is 10.5. The number of fused-ring (bicyclic) bond motifs is 2. The monoisotopic (exact) mass is 477 g/mol. The number of phenolic OH excluding ortho intramolecular Hbond substituents is 1. The molecule has 0 spiro atoms. The highest BCUT2D eigenvalue weighted by molar-refractivity contribution is 6.31. The van der Waals surface area contributed by atoms with Crippen molar-refractivity contribution < 1.29 is 23.8 Å². The molecule has 7 nitrogen and oxygen atoms in total. The Morgan fingerprint density at radius 3 is 2.47 bits per heavy atom. The number of halogens is 1. The summed E-state index contributed by atoms with van der Waals surface area (Å²) >= 11 is 6.13. The molecule has 0 radical (unpaired) electrons. The Bertz CT molecular complexity index is 1480. The van der Waals surface area contributed by atoms with Crippen LogP contribution in [0, 0.1) is 0 Å². The van der Waals surface area contributed by atoms with Gasteiger partial charge in [-0.15, -0.1) is 0 Å². The number of rotatable bonds is 5. The number of carbonyl (C=O) groups is 1. The summed E-state index contributed by atoms with van der Waals surface area (Å²) in [4.78, 5) is 28.7. The smallest absolute Gasteiger partial charge is 0.291 e. The number of carbonyl (C=O) groups excluding carboxylic acids is 1. The van der Waals surface area contributed by atoms with Gasteiger partial charge in [0, 0.05) is 11.6 Å². The van der Waals surface area contributed by atoms with Crippen molar-refractivity contribution in [2.75, 3.05) is 14.2 Å². The van der Waals surface area contributed by atoms with Crippen LogP contribution in [0.1, 0.15) is 33.3 Å². The first-order valence-corrected chi connectivity index (χ1v) is 10.9. The van der Waals surface area contributed by atoms with E-state index in [0.29, 0.717) is 21.7 Å². The normalized spacial score (nSPS) is 15.0. The van der Waals surface area contributed by atoms with Crippen molar-refractivity contribution in [3.8, 4) is 17.2 Å². The van der Waals surface area contributed by atoms with Crippen LogP contribution in [-0.4, -0.2) is 30.1 Å². The quantitative estimate of drug-likeness (QED) is 0.439. The minimum Gasteiger partial charge on any atom is -0.504 e.